The second-order valence-corrected chi connectivity index (χ2v) is 4.23. The van der Waals surface area contributed by atoms with Crippen molar-refractivity contribution in [3.63, 3.8) is 0 Å². The first-order valence-corrected chi connectivity index (χ1v) is 5.72. The van der Waals surface area contributed by atoms with Crippen molar-refractivity contribution in [3.8, 4) is 0 Å². The van der Waals surface area contributed by atoms with Crippen molar-refractivity contribution in [2.75, 3.05) is 6.54 Å². The molecule has 0 saturated carbocycles. The van der Waals surface area contributed by atoms with Crippen LogP contribution >= 0.6 is 0 Å². The minimum absolute atomic E-state index is 0.0990. The molecule has 14 heavy (non-hydrogen) atoms. The summed E-state index contributed by atoms with van der Waals surface area (Å²) in [5, 5.41) is 0. The van der Waals surface area contributed by atoms with E-state index in [1.54, 1.807) is 0 Å². The average molecular weight is 198 g/mol. The number of nitrogens with zero attached hydrogens (tertiary/aromatic N) is 1. The standard InChI is InChI=1S/C11H22N2O/c1-3-10-7-5-4-6-8-13(10)9(2)11(12)14/h9-10H,3-8H2,1-2H3,(H2,12,14). The van der Waals surface area contributed by atoms with Gasteiger partial charge in [0.2, 0.25) is 5.91 Å². The number of nitrogens with two attached hydrogens (primary N) is 1. The van der Waals surface area contributed by atoms with Gasteiger partial charge in [0.15, 0.2) is 0 Å². The Balaban J connectivity index is 2.64. The second-order valence-electron chi connectivity index (χ2n) is 4.23. The van der Waals surface area contributed by atoms with E-state index in [2.05, 4.69) is 11.8 Å². The molecule has 0 spiro atoms. The van der Waals surface area contributed by atoms with E-state index in [0.717, 1.165) is 13.0 Å². The molecular weight excluding hydrogens is 176 g/mol. The van der Waals surface area contributed by atoms with E-state index < -0.39 is 0 Å². The predicted molar refractivity (Wildman–Crippen MR) is 57.9 cm³/mol. The van der Waals surface area contributed by atoms with Gasteiger partial charge < -0.3 is 5.73 Å². The maximum Gasteiger partial charge on any atom is 0.234 e. The molecule has 2 atom stereocenters. The van der Waals surface area contributed by atoms with Gasteiger partial charge in [-0.2, -0.15) is 0 Å². The number of likely N-dealkylation sites (tertiary alicyclic amines) is 1. The molecule has 3 heteroatoms. The Morgan fingerprint density at radius 1 is 1.50 bits per heavy atom. The van der Waals surface area contributed by atoms with E-state index in [4.69, 9.17) is 5.73 Å². The molecule has 3 nitrogen and oxygen atoms in total. The molecule has 1 aliphatic rings. The zero-order valence-electron chi connectivity index (χ0n) is 9.33. The molecule has 0 bridgehead atoms. The SMILES string of the molecule is CCC1CCCCCN1C(C)C(N)=O. The Bertz CT molecular complexity index is 194. The lowest BCUT2D eigenvalue weighted by atomic mass is 10.1. The molecule has 0 aliphatic carbocycles. The summed E-state index contributed by atoms with van der Waals surface area (Å²) in [6, 6.07) is 0.457. The summed E-state index contributed by atoms with van der Waals surface area (Å²) >= 11 is 0. The van der Waals surface area contributed by atoms with Crippen LogP contribution in [0.1, 0.15) is 46.0 Å². The van der Waals surface area contributed by atoms with Gasteiger partial charge in [-0.05, 0) is 32.7 Å². The highest BCUT2D eigenvalue weighted by molar-refractivity contribution is 5.79. The van der Waals surface area contributed by atoms with Crippen LogP contribution in [-0.2, 0) is 4.79 Å². The molecule has 0 aromatic rings. The number of carbonyl (C=O) groups excluding carboxylic acids is 1. The molecule has 1 aliphatic heterocycles. The molecule has 1 saturated heterocycles. The van der Waals surface area contributed by atoms with Gasteiger partial charge in [-0.1, -0.05) is 19.8 Å². The molecule has 1 fully saturated rings. The van der Waals surface area contributed by atoms with Gasteiger partial charge in [0.25, 0.3) is 0 Å². The van der Waals surface area contributed by atoms with Crippen molar-refractivity contribution in [2.24, 2.45) is 5.73 Å². The summed E-state index contributed by atoms with van der Waals surface area (Å²) in [5.74, 6) is -0.189. The number of hydrogen-bond donors (Lipinski definition) is 1. The first-order chi connectivity index (χ1) is 6.66. The molecule has 2 N–H and O–H groups in total. The topological polar surface area (TPSA) is 46.3 Å². The van der Waals surface area contributed by atoms with E-state index in [0.29, 0.717) is 6.04 Å². The van der Waals surface area contributed by atoms with Gasteiger partial charge in [-0.25, -0.2) is 0 Å². The zero-order valence-corrected chi connectivity index (χ0v) is 9.33. The molecule has 1 amide bonds. The van der Waals surface area contributed by atoms with Crippen LogP contribution in [0, 0.1) is 0 Å². The summed E-state index contributed by atoms with van der Waals surface area (Å²) in [6.45, 7) is 5.15. The fourth-order valence-corrected chi connectivity index (χ4v) is 2.31. The highest BCUT2D eigenvalue weighted by Crippen LogP contribution is 2.21. The molecule has 1 rings (SSSR count). The van der Waals surface area contributed by atoms with Crippen molar-refractivity contribution in [2.45, 2.75) is 58.0 Å². The maximum atomic E-state index is 11.2. The molecule has 0 aromatic heterocycles. The van der Waals surface area contributed by atoms with Crippen LogP contribution in [0.15, 0.2) is 0 Å². The van der Waals surface area contributed by atoms with Crippen molar-refractivity contribution < 1.29 is 4.79 Å². The summed E-state index contributed by atoms with van der Waals surface area (Å²) in [5.41, 5.74) is 5.35. The van der Waals surface area contributed by atoms with E-state index in [1.165, 1.54) is 25.7 Å². The number of carbonyl (C=O) groups is 1. The molecular formula is C11H22N2O. The van der Waals surface area contributed by atoms with Gasteiger partial charge in [-0.3, -0.25) is 9.69 Å². The van der Waals surface area contributed by atoms with Crippen LogP contribution in [0.25, 0.3) is 0 Å². The molecule has 2 unspecified atom stereocenters. The lowest BCUT2D eigenvalue weighted by molar-refractivity contribution is -0.123. The molecule has 82 valence electrons. The van der Waals surface area contributed by atoms with Gasteiger partial charge in [0.05, 0.1) is 6.04 Å². The van der Waals surface area contributed by atoms with E-state index in [1.807, 2.05) is 6.92 Å². The highest BCUT2D eigenvalue weighted by Gasteiger charge is 2.26. The third kappa shape index (κ3) is 2.71. The fraction of sp³-hybridized carbons (Fsp3) is 0.909. The Kier molecular flexibility index (Phi) is 4.39. The van der Waals surface area contributed by atoms with Crippen LogP contribution in [0.3, 0.4) is 0 Å². The van der Waals surface area contributed by atoms with Crippen LogP contribution in [-0.4, -0.2) is 29.4 Å². The van der Waals surface area contributed by atoms with Crippen LogP contribution in [0.4, 0.5) is 0 Å². The van der Waals surface area contributed by atoms with Gasteiger partial charge in [0, 0.05) is 6.04 Å². The lowest BCUT2D eigenvalue weighted by Gasteiger charge is -2.32. The van der Waals surface area contributed by atoms with E-state index in [-0.39, 0.29) is 11.9 Å². The number of amides is 1. The van der Waals surface area contributed by atoms with Crippen molar-refractivity contribution in [1.29, 1.82) is 0 Å². The largest absolute Gasteiger partial charge is 0.368 e. The number of hydrogen-bond acceptors (Lipinski definition) is 2. The van der Waals surface area contributed by atoms with Crippen molar-refractivity contribution in [3.05, 3.63) is 0 Å². The normalized spacial score (nSPS) is 26.9. The van der Waals surface area contributed by atoms with Crippen LogP contribution in [0.5, 0.6) is 0 Å². The Hall–Kier alpha value is -0.570. The number of rotatable bonds is 3. The molecule has 0 aromatic carbocycles. The quantitative estimate of drug-likeness (QED) is 0.747. The monoisotopic (exact) mass is 198 g/mol. The van der Waals surface area contributed by atoms with Gasteiger partial charge in [-0.15, -0.1) is 0 Å². The van der Waals surface area contributed by atoms with Crippen molar-refractivity contribution in [1.82, 2.24) is 4.90 Å². The Morgan fingerprint density at radius 2 is 2.21 bits per heavy atom. The van der Waals surface area contributed by atoms with Crippen LogP contribution in [0.2, 0.25) is 0 Å². The highest BCUT2D eigenvalue weighted by atomic mass is 16.1. The summed E-state index contributed by atoms with van der Waals surface area (Å²) in [6.07, 6.45) is 6.12. The van der Waals surface area contributed by atoms with Gasteiger partial charge >= 0.3 is 0 Å². The maximum absolute atomic E-state index is 11.2. The third-order valence-electron chi connectivity index (χ3n) is 3.30. The average Bonchev–Trinajstić information content (AvgIpc) is 2.40. The minimum atomic E-state index is -0.189. The molecule has 0 radical (unpaired) electrons. The second kappa shape index (κ2) is 5.35. The number of primary amides is 1. The lowest BCUT2D eigenvalue weighted by Crippen LogP contribution is -2.47. The fourth-order valence-electron chi connectivity index (χ4n) is 2.31. The summed E-state index contributed by atoms with van der Waals surface area (Å²) < 4.78 is 0. The first-order valence-electron chi connectivity index (χ1n) is 5.72. The molecule has 1 heterocycles. The van der Waals surface area contributed by atoms with Crippen LogP contribution < -0.4 is 5.73 Å². The summed E-state index contributed by atoms with van der Waals surface area (Å²) in [4.78, 5) is 13.4. The van der Waals surface area contributed by atoms with E-state index >= 15 is 0 Å². The van der Waals surface area contributed by atoms with E-state index in [9.17, 15) is 4.79 Å². The summed E-state index contributed by atoms with van der Waals surface area (Å²) in [7, 11) is 0. The predicted octanol–water partition coefficient (Wildman–Crippen LogP) is 1.51. The minimum Gasteiger partial charge on any atom is -0.368 e. The zero-order chi connectivity index (χ0) is 10.6. The third-order valence-corrected chi connectivity index (χ3v) is 3.30. The van der Waals surface area contributed by atoms with Gasteiger partial charge in [0.1, 0.15) is 0 Å². The Morgan fingerprint density at radius 3 is 2.79 bits per heavy atom. The Labute approximate surface area is 86.6 Å². The smallest absolute Gasteiger partial charge is 0.234 e. The first kappa shape index (κ1) is 11.5. The van der Waals surface area contributed by atoms with Crippen molar-refractivity contribution >= 4 is 5.91 Å².